The Balaban J connectivity index is 2.54. The molecule has 0 aliphatic rings. The lowest BCUT2D eigenvalue weighted by Gasteiger charge is -2.30. The highest BCUT2D eigenvalue weighted by molar-refractivity contribution is 5.48. The molecule has 1 aromatic rings. The smallest absolute Gasteiger partial charge is 0.143 e. The molecular weight excluding hydrogens is 241 g/mol. The van der Waals surface area contributed by atoms with Crippen molar-refractivity contribution in [2.24, 2.45) is 0 Å². The van der Waals surface area contributed by atoms with Gasteiger partial charge in [0.15, 0.2) is 0 Å². The number of anilines is 1. The predicted octanol–water partition coefficient (Wildman–Crippen LogP) is 3.23. The van der Waals surface area contributed by atoms with Crippen molar-refractivity contribution in [3.8, 4) is 6.07 Å². The first-order valence-electron chi connectivity index (χ1n) is 6.65. The van der Waals surface area contributed by atoms with E-state index in [4.69, 9.17) is 5.26 Å². The minimum absolute atomic E-state index is 0.0801. The Morgan fingerprint density at radius 2 is 1.89 bits per heavy atom. The van der Waals surface area contributed by atoms with Crippen LogP contribution in [0.1, 0.15) is 33.3 Å². The molecule has 0 fully saturated rings. The van der Waals surface area contributed by atoms with E-state index in [1.807, 2.05) is 6.07 Å². The highest BCUT2D eigenvalue weighted by atomic mass is 19.1. The standard InChI is InChI=1S/C15H22FN3/c1-11(2)19(12(3)4)8-7-18-14-6-5-13(10-17)15(16)9-14/h5-6,9,11-12,18H,7-8H2,1-4H3. The average Bonchev–Trinajstić information content (AvgIpc) is 2.33. The van der Waals surface area contributed by atoms with Crippen LogP contribution in [0, 0.1) is 17.1 Å². The van der Waals surface area contributed by atoms with Gasteiger partial charge in [-0.15, -0.1) is 0 Å². The summed E-state index contributed by atoms with van der Waals surface area (Å²) in [7, 11) is 0. The van der Waals surface area contributed by atoms with Crippen LogP contribution in [-0.2, 0) is 0 Å². The van der Waals surface area contributed by atoms with Gasteiger partial charge in [-0.3, -0.25) is 4.90 Å². The van der Waals surface area contributed by atoms with Crippen molar-refractivity contribution in [3.63, 3.8) is 0 Å². The highest BCUT2D eigenvalue weighted by Gasteiger charge is 2.12. The molecule has 1 rings (SSSR count). The first-order chi connectivity index (χ1) is 8.95. The summed E-state index contributed by atoms with van der Waals surface area (Å²) in [4.78, 5) is 2.37. The fourth-order valence-corrected chi connectivity index (χ4v) is 2.16. The van der Waals surface area contributed by atoms with E-state index in [1.165, 1.54) is 12.1 Å². The van der Waals surface area contributed by atoms with Gasteiger partial charge in [0.25, 0.3) is 0 Å². The van der Waals surface area contributed by atoms with E-state index in [9.17, 15) is 4.39 Å². The minimum atomic E-state index is -0.475. The summed E-state index contributed by atoms with van der Waals surface area (Å²) in [5.41, 5.74) is 0.792. The Kier molecular flexibility index (Phi) is 5.78. The number of nitrogens with zero attached hydrogens (tertiary/aromatic N) is 2. The summed E-state index contributed by atoms with van der Waals surface area (Å²) < 4.78 is 13.4. The lowest BCUT2D eigenvalue weighted by atomic mass is 10.2. The van der Waals surface area contributed by atoms with Gasteiger partial charge in [-0.1, -0.05) is 0 Å². The Morgan fingerprint density at radius 3 is 2.37 bits per heavy atom. The normalized spacial score (nSPS) is 11.1. The van der Waals surface area contributed by atoms with E-state index in [0.29, 0.717) is 17.8 Å². The Morgan fingerprint density at radius 1 is 1.26 bits per heavy atom. The Hall–Kier alpha value is -1.60. The van der Waals surface area contributed by atoms with Gasteiger partial charge in [0, 0.05) is 30.9 Å². The molecule has 1 aromatic carbocycles. The minimum Gasteiger partial charge on any atom is -0.384 e. The molecule has 0 aromatic heterocycles. The van der Waals surface area contributed by atoms with Crippen LogP contribution >= 0.6 is 0 Å². The van der Waals surface area contributed by atoms with Crippen LogP contribution < -0.4 is 5.32 Å². The third kappa shape index (κ3) is 4.53. The number of benzene rings is 1. The van der Waals surface area contributed by atoms with Crippen molar-refractivity contribution in [2.75, 3.05) is 18.4 Å². The van der Waals surface area contributed by atoms with Crippen molar-refractivity contribution in [1.29, 1.82) is 5.26 Å². The number of halogens is 1. The van der Waals surface area contributed by atoms with E-state index >= 15 is 0 Å². The molecule has 0 bridgehead atoms. The van der Waals surface area contributed by atoms with Gasteiger partial charge in [-0.05, 0) is 45.9 Å². The molecule has 0 amide bonds. The highest BCUT2D eigenvalue weighted by Crippen LogP contribution is 2.13. The van der Waals surface area contributed by atoms with Crippen LogP contribution in [-0.4, -0.2) is 30.1 Å². The molecule has 1 N–H and O–H groups in total. The van der Waals surface area contributed by atoms with Gasteiger partial charge in [0.2, 0.25) is 0 Å². The van der Waals surface area contributed by atoms with Gasteiger partial charge in [0.1, 0.15) is 11.9 Å². The lowest BCUT2D eigenvalue weighted by molar-refractivity contribution is 0.182. The third-order valence-corrected chi connectivity index (χ3v) is 3.12. The van der Waals surface area contributed by atoms with E-state index in [1.54, 1.807) is 6.07 Å². The van der Waals surface area contributed by atoms with Crippen LogP contribution in [0.4, 0.5) is 10.1 Å². The number of hydrogen-bond donors (Lipinski definition) is 1. The largest absolute Gasteiger partial charge is 0.384 e. The fraction of sp³-hybridized carbons (Fsp3) is 0.533. The molecule has 0 unspecified atom stereocenters. The zero-order chi connectivity index (χ0) is 14.4. The number of nitriles is 1. The van der Waals surface area contributed by atoms with Gasteiger partial charge in [-0.2, -0.15) is 5.26 Å². The molecule has 0 aliphatic heterocycles. The summed E-state index contributed by atoms with van der Waals surface area (Å²) in [6.45, 7) is 10.3. The van der Waals surface area contributed by atoms with E-state index in [0.717, 1.165) is 13.1 Å². The van der Waals surface area contributed by atoms with Crippen LogP contribution in [0.5, 0.6) is 0 Å². The topological polar surface area (TPSA) is 39.1 Å². The number of nitrogens with one attached hydrogen (secondary N) is 1. The molecule has 0 saturated heterocycles. The summed E-state index contributed by atoms with van der Waals surface area (Å²) in [6.07, 6.45) is 0. The van der Waals surface area contributed by atoms with Crippen LogP contribution in [0.3, 0.4) is 0 Å². The van der Waals surface area contributed by atoms with E-state index in [2.05, 4.69) is 37.9 Å². The molecule has 0 atom stereocenters. The van der Waals surface area contributed by atoms with Gasteiger partial charge in [0.05, 0.1) is 5.56 Å². The third-order valence-electron chi connectivity index (χ3n) is 3.12. The first kappa shape index (κ1) is 15.5. The first-order valence-corrected chi connectivity index (χ1v) is 6.65. The maximum absolute atomic E-state index is 13.4. The Labute approximate surface area is 115 Å². The Bertz CT molecular complexity index is 441. The molecule has 0 heterocycles. The summed E-state index contributed by atoms with van der Waals surface area (Å²) in [5, 5.41) is 11.8. The summed E-state index contributed by atoms with van der Waals surface area (Å²) >= 11 is 0. The summed E-state index contributed by atoms with van der Waals surface area (Å²) in [6, 6.07) is 7.39. The van der Waals surface area contributed by atoms with E-state index in [-0.39, 0.29) is 5.56 Å². The van der Waals surface area contributed by atoms with Gasteiger partial charge < -0.3 is 5.32 Å². The summed E-state index contributed by atoms with van der Waals surface area (Å²) in [5.74, 6) is -0.475. The van der Waals surface area contributed by atoms with Crippen molar-refractivity contribution in [1.82, 2.24) is 4.90 Å². The average molecular weight is 263 g/mol. The second kappa shape index (κ2) is 7.10. The molecule has 0 spiro atoms. The monoisotopic (exact) mass is 263 g/mol. The van der Waals surface area contributed by atoms with Crippen molar-refractivity contribution < 1.29 is 4.39 Å². The van der Waals surface area contributed by atoms with Crippen molar-refractivity contribution in [2.45, 2.75) is 39.8 Å². The van der Waals surface area contributed by atoms with Crippen LogP contribution in [0.25, 0.3) is 0 Å². The zero-order valence-electron chi connectivity index (χ0n) is 12.1. The van der Waals surface area contributed by atoms with Crippen molar-refractivity contribution >= 4 is 5.69 Å². The molecule has 104 valence electrons. The fourth-order valence-electron chi connectivity index (χ4n) is 2.16. The predicted molar refractivity (Wildman–Crippen MR) is 76.6 cm³/mol. The second-order valence-corrected chi connectivity index (χ2v) is 5.16. The number of rotatable bonds is 6. The second-order valence-electron chi connectivity index (χ2n) is 5.16. The quantitative estimate of drug-likeness (QED) is 0.856. The molecule has 19 heavy (non-hydrogen) atoms. The molecular formula is C15H22FN3. The maximum Gasteiger partial charge on any atom is 0.143 e. The van der Waals surface area contributed by atoms with E-state index < -0.39 is 5.82 Å². The molecule has 0 radical (unpaired) electrons. The van der Waals surface area contributed by atoms with Gasteiger partial charge in [-0.25, -0.2) is 4.39 Å². The maximum atomic E-state index is 13.4. The molecule has 4 heteroatoms. The van der Waals surface area contributed by atoms with Gasteiger partial charge >= 0.3 is 0 Å². The molecule has 0 saturated carbocycles. The van der Waals surface area contributed by atoms with Crippen molar-refractivity contribution in [3.05, 3.63) is 29.6 Å². The van der Waals surface area contributed by atoms with Crippen LogP contribution in [0.15, 0.2) is 18.2 Å². The zero-order valence-corrected chi connectivity index (χ0v) is 12.1. The SMILES string of the molecule is CC(C)N(CCNc1ccc(C#N)c(F)c1)C(C)C. The molecule has 0 aliphatic carbocycles. The lowest BCUT2D eigenvalue weighted by Crippen LogP contribution is -2.40. The number of hydrogen-bond acceptors (Lipinski definition) is 3. The molecule has 3 nitrogen and oxygen atoms in total. The van der Waals surface area contributed by atoms with Crippen LogP contribution in [0.2, 0.25) is 0 Å².